The first-order chi connectivity index (χ1) is 9.15. The number of non-ortho nitro benzene ring substituents is 1. The van der Waals surface area contributed by atoms with Gasteiger partial charge in [-0.05, 0) is 24.3 Å². The number of pyridine rings is 1. The van der Waals surface area contributed by atoms with E-state index in [1.54, 1.807) is 41.1 Å². The Morgan fingerprint density at radius 3 is 2.58 bits per heavy atom. The summed E-state index contributed by atoms with van der Waals surface area (Å²) < 4.78 is 1.70. The summed E-state index contributed by atoms with van der Waals surface area (Å²) >= 11 is 0. The molecule has 0 bridgehead atoms. The van der Waals surface area contributed by atoms with E-state index >= 15 is 0 Å². The van der Waals surface area contributed by atoms with Gasteiger partial charge < -0.3 is 9.51 Å². The van der Waals surface area contributed by atoms with Crippen LogP contribution in [0.2, 0.25) is 0 Å². The van der Waals surface area contributed by atoms with Gasteiger partial charge in [0, 0.05) is 30.1 Å². The lowest BCUT2D eigenvalue weighted by atomic mass is 10.1. The first-order valence-electron chi connectivity index (χ1n) is 5.56. The third kappa shape index (κ3) is 1.89. The fourth-order valence-corrected chi connectivity index (χ4v) is 1.89. The molecule has 0 atom stereocenters. The van der Waals surface area contributed by atoms with Crippen LogP contribution in [0.4, 0.5) is 5.69 Å². The Balaban J connectivity index is 2.09. The molecule has 6 nitrogen and oxygen atoms in total. The Kier molecular flexibility index (Phi) is 2.42. The SMILES string of the molecule is O=[N+]([O-])c1ccc(-c2cn3cccc(O)c3n2)cc1. The molecule has 0 saturated heterocycles. The number of nitrogens with zero attached hydrogens (tertiary/aromatic N) is 3. The van der Waals surface area contributed by atoms with Crippen molar-refractivity contribution in [2.24, 2.45) is 0 Å². The quantitative estimate of drug-likeness (QED) is 0.563. The van der Waals surface area contributed by atoms with Gasteiger partial charge in [-0.15, -0.1) is 0 Å². The summed E-state index contributed by atoms with van der Waals surface area (Å²) in [6.07, 6.45) is 3.53. The van der Waals surface area contributed by atoms with Gasteiger partial charge in [0.2, 0.25) is 0 Å². The molecular weight excluding hydrogens is 246 g/mol. The number of hydrogen-bond donors (Lipinski definition) is 1. The Morgan fingerprint density at radius 1 is 1.21 bits per heavy atom. The summed E-state index contributed by atoms with van der Waals surface area (Å²) in [7, 11) is 0. The molecule has 0 aliphatic heterocycles. The van der Waals surface area contributed by atoms with Crippen LogP contribution in [-0.2, 0) is 0 Å². The topological polar surface area (TPSA) is 80.7 Å². The highest BCUT2D eigenvalue weighted by atomic mass is 16.6. The molecule has 0 aliphatic carbocycles. The summed E-state index contributed by atoms with van der Waals surface area (Å²) in [5.41, 5.74) is 1.90. The van der Waals surface area contributed by atoms with E-state index in [0.717, 1.165) is 5.56 Å². The Morgan fingerprint density at radius 2 is 1.95 bits per heavy atom. The number of hydrogen-bond acceptors (Lipinski definition) is 4. The van der Waals surface area contributed by atoms with Gasteiger partial charge in [-0.2, -0.15) is 0 Å². The molecule has 0 spiro atoms. The zero-order chi connectivity index (χ0) is 13.4. The summed E-state index contributed by atoms with van der Waals surface area (Å²) in [5, 5.41) is 20.3. The van der Waals surface area contributed by atoms with Crippen molar-refractivity contribution in [1.82, 2.24) is 9.38 Å². The molecule has 3 rings (SSSR count). The van der Waals surface area contributed by atoms with Crippen molar-refractivity contribution in [3.63, 3.8) is 0 Å². The van der Waals surface area contributed by atoms with Crippen LogP contribution in [-0.4, -0.2) is 19.4 Å². The van der Waals surface area contributed by atoms with Crippen molar-refractivity contribution in [1.29, 1.82) is 0 Å². The molecule has 0 saturated carbocycles. The molecule has 0 aliphatic rings. The molecule has 3 aromatic rings. The lowest BCUT2D eigenvalue weighted by Crippen LogP contribution is -1.87. The van der Waals surface area contributed by atoms with Crippen LogP contribution in [0.3, 0.4) is 0 Å². The van der Waals surface area contributed by atoms with Gasteiger partial charge in [-0.25, -0.2) is 4.98 Å². The smallest absolute Gasteiger partial charge is 0.269 e. The third-order valence-corrected chi connectivity index (χ3v) is 2.84. The first-order valence-corrected chi connectivity index (χ1v) is 5.56. The predicted molar refractivity (Wildman–Crippen MR) is 68.9 cm³/mol. The minimum absolute atomic E-state index is 0.0374. The fraction of sp³-hybridized carbons (Fsp3) is 0. The maximum absolute atomic E-state index is 10.6. The first kappa shape index (κ1) is 11.2. The van der Waals surface area contributed by atoms with Crippen LogP contribution < -0.4 is 0 Å². The van der Waals surface area contributed by atoms with Crippen LogP contribution in [0.15, 0.2) is 48.8 Å². The van der Waals surface area contributed by atoms with Crippen LogP contribution in [0.5, 0.6) is 5.75 Å². The highest BCUT2D eigenvalue weighted by Gasteiger charge is 2.09. The van der Waals surface area contributed by atoms with E-state index in [-0.39, 0.29) is 11.4 Å². The minimum atomic E-state index is -0.445. The van der Waals surface area contributed by atoms with Crippen LogP contribution in [0, 0.1) is 10.1 Å². The van der Waals surface area contributed by atoms with Crippen molar-refractivity contribution in [3.8, 4) is 17.0 Å². The van der Waals surface area contributed by atoms with E-state index in [2.05, 4.69) is 4.98 Å². The minimum Gasteiger partial charge on any atom is -0.504 e. The molecule has 94 valence electrons. The summed E-state index contributed by atoms with van der Waals surface area (Å²) in [4.78, 5) is 14.4. The normalized spacial score (nSPS) is 10.7. The number of aromatic hydroxyl groups is 1. The molecule has 0 fully saturated rings. The zero-order valence-electron chi connectivity index (χ0n) is 9.72. The van der Waals surface area contributed by atoms with Crippen LogP contribution in [0.25, 0.3) is 16.9 Å². The zero-order valence-corrected chi connectivity index (χ0v) is 9.72. The number of nitro benzene ring substituents is 1. The Labute approximate surface area is 107 Å². The number of rotatable bonds is 2. The number of fused-ring (bicyclic) bond motifs is 1. The van der Waals surface area contributed by atoms with Crippen LogP contribution in [0.1, 0.15) is 0 Å². The van der Waals surface area contributed by atoms with Gasteiger partial charge in [-0.3, -0.25) is 10.1 Å². The van der Waals surface area contributed by atoms with E-state index in [4.69, 9.17) is 0 Å². The molecule has 1 N–H and O–H groups in total. The van der Waals surface area contributed by atoms with E-state index in [1.807, 2.05) is 0 Å². The largest absolute Gasteiger partial charge is 0.504 e. The maximum Gasteiger partial charge on any atom is 0.269 e. The molecule has 0 amide bonds. The number of aromatic nitrogens is 2. The van der Waals surface area contributed by atoms with Crippen molar-refractivity contribution >= 4 is 11.3 Å². The molecule has 0 unspecified atom stereocenters. The van der Waals surface area contributed by atoms with Gasteiger partial charge in [0.25, 0.3) is 5.69 Å². The summed E-state index contributed by atoms with van der Waals surface area (Å²) in [5.74, 6) is 0.0932. The number of nitro groups is 1. The predicted octanol–water partition coefficient (Wildman–Crippen LogP) is 2.62. The molecule has 2 heterocycles. The average Bonchev–Trinajstić information content (AvgIpc) is 2.84. The molecule has 6 heteroatoms. The average molecular weight is 255 g/mol. The molecule has 0 radical (unpaired) electrons. The van der Waals surface area contributed by atoms with E-state index < -0.39 is 4.92 Å². The van der Waals surface area contributed by atoms with E-state index in [0.29, 0.717) is 11.3 Å². The van der Waals surface area contributed by atoms with Crippen molar-refractivity contribution in [2.45, 2.75) is 0 Å². The molecule has 2 aromatic heterocycles. The standard InChI is InChI=1S/C13H9N3O3/c17-12-2-1-7-15-8-11(14-13(12)15)9-3-5-10(6-4-9)16(18)19/h1-8,17H. The fourth-order valence-electron chi connectivity index (χ4n) is 1.89. The van der Waals surface area contributed by atoms with Crippen LogP contribution >= 0.6 is 0 Å². The number of imidazole rings is 1. The van der Waals surface area contributed by atoms with Gasteiger partial charge in [-0.1, -0.05) is 0 Å². The van der Waals surface area contributed by atoms with Gasteiger partial charge in [0.1, 0.15) is 0 Å². The van der Waals surface area contributed by atoms with Crippen molar-refractivity contribution < 1.29 is 10.0 Å². The summed E-state index contributed by atoms with van der Waals surface area (Å²) in [6, 6.07) is 9.40. The summed E-state index contributed by atoms with van der Waals surface area (Å²) in [6.45, 7) is 0. The second kappa shape index (κ2) is 4.09. The molecule has 19 heavy (non-hydrogen) atoms. The molecule has 1 aromatic carbocycles. The maximum atomic E-state index is 10.6. The molecular formula is C13H9N3O3. The Hall–Kier alpha value is -2.89. The van der Waals surface area contributed by atoms with E-state index in [9.17, 15) is 15.2 Å². The van der Waals surface area contributed by atoms with Gasteiger partial charge in [0.15, 0.2) is 11.4 Å². The lowest BCUT2D eigenvalue weighted by molar-refractivity contribution is -0.384. The highest BCUT2D eigenvalue weighted by Crippen LogP contribution is 2.24. The second-order valence-corrected chi connectivity index (χ2v) is 4.05. The lowest BCUT2D eigenvalue weighted by Gasteiger charge is -1.95. The van der Waals surface area contributed by atoms with Gasteiger partial charge in [0.05, 0.1) is 10.6 Å². The highest BCUT2D eigenvalue weighted by molar-refractivity contribution is 5.66. The van der Waals surface area contributed by atoms with Crippen molar-refractivity contribution in [3.05, 3.63) is 58.9 Å². The second-order valence-electron chi connectivity index (χ2n) is 4.05. The Bertz CT molecular complexity index is 762. The third-order valence-electron chi connectivity index (χ3n) is 2.84. The monoisotopic (exact) mass is 255 g/mol. The van der Waals surface area contributed by atoms with E-state index in [1.165, 1.54) is 12.1 Å². The van der Waals surface area contributed by atoms with Gasteiger partial charge >= 0.3 is 0 Å². The van der Waals surface area contributed by atoms with Crippen molar-refractivity contribution in [2.75, 3.05) is 0 Å². The number of benzene rings is 1.